The molecule has 0 aliphatic carbocycles. The molecular formula is C19H22N6O3S. The van der Waals surface area contributed by atoms with Crippen LogP contribution in [0.5, 0.6) is 6.01 Å². The van der Waals surface area contributed by atoms with Crippen molar-refractivity contribution in [3.8, 4) is 6.01 Å². The molecule has 0 spiro atoms. The van der Waals surface area contributed by atoms with E-state index in [-0.39, 0.29) is 12.0 Å². The maximum Gasteiger partial charge on any atom is 0.297 e. The summed E-state index contributed by atoms with van der Waals surface area (Å²) in [6, 6.07) is 5.85. The smallest absolute Gasteiger partial charge is 0.297 e. The number of nitrogens with two attached hydrogens (primary N) is 1. The summed E-state index contributed by atoms with van der Waals surface area (Å²) in [5.74, 6) is 0.437. The summed E-state index contributed by atoms with van der Waals surface area (Å²) >= 11 is 1.28. The number of imidazole rings is 1. The topological polar surface area (TPSA) is 117 Å². The van der Waals surface area contributed by atoms with Crippen LogP contribution in [0.4, 0.5) is 5.13 Å². The third-order valence-electron chi connectivity index (χ3n) is 4.56. The minimum absolute atomic E-state index is 0.139. The van der Waals surface area contributed by atoms with Crippen LogP contribution in [0.1, 0.15) is 35.1 Å². The first-order valence-electron chi connectivity index (χ1n) is 9.35. The van der Waals surface area contributed by atoms with Gasteiger partial charge in [0, 0.05) is 18.5 Å². The van der Waals surface area contributed by atoms with Crippen LogP contribution in [-0.4, -0.2) is 45.4 Å². The van der Waals surface area contributed by atoms with Gasteiger partial charge in [-0.15, -0.1) is 10.2 Å². The Balaban J connectivity index is 1.52. The highest BCUT2D eigenvalue weighted by atomic mass is 32.1. The zero-order valence-electron chi connectivity index (χ0n) is 16.2. The highest BCUT2D eigenvalue weighted by molar-refractivity contribution is 7.16. The Kier molecular flexibility index (Phi) is 5.45. The molecule has 4 rings (SSSR count). The molecule has 0 bridgehead atoms. The Hall–Kier alpha value is -2.98. The molecule has 0 fully saturated rings. The highest BCUT2D eigenvalue weighted by Gasteiger charge is 2.20. The lowest BCUT2D eigenvalue weighted by atomic mass is 10.2. The number of aromatic nitrogens is 4. The van der Waals surface area contributed by atoms with Gasteiger partial charge in [-0.2, -0.15) is 4.98 Å². The molecule has 3 aromatic rings. The number of benzene rings is 1. The van der Waals surface area contributed by atoms with Gasteiger partial charge in [-0.05, 0) is 44.2 Å². The first-order chi connectivity index (χ1) is 14.1. The fraction of sp³-hybridized carbons (Fsp3) is 0.368. The fourth-order valence-corrected chi connectivity index (χ4v) is 3.86. The van der Waals surface area contributed by atoms with Crippen LogP contribution in [0.25, 0.3) is 16.8 Å². The molecular weight excluding hydrogens is 392 g/mol. The average Bonchev–Trinajstić information content (AvgIpc) is 3.44. The Morgan fingerprint density at radius 1 is 1.45 bits per heavy atom. The Morgan fingerprint density at radius 3 is 3.03 bits per heavy atom. The number of amides is 1. The summed E-state index contributed by atoms with van der Waals surface area (Å²) in [6.07, 6.45) is 3.78. The number of methoxy groups -OCH3 is 1. The van der Waals surface area contributed by atoms with Crippen LogP contribution in [0.2, 0.25) is 0 Å². The third kappa shape index (κ3) is 3.94. The van der Waals surface area contributed by atoms with Gasteiger partial charge < -0.3 is 15.2 Å². The van der Waals surface area contributed by atoms with Gasteiger partial charge in [0.2, 0.25) is 5.13 Å². The second-order valence-corrected chi connectivity index (χ2v) is 7.67. The molecule has 10 heteroatoms. The quantitative estimate of drug-likeness (QED) is 0.610. The average molecular weight is 414 g/mol. The molecule has 1 aliphatic rings. The lowest BCUT2D eigenvalue weighted by Crippen LogP contribution is -2.11. The van der Waals surface area contributed by atoms with Gasteiger partial charge in [-0.1, -0.05) is 11.3 Å². The second-order valence-electron chi connectivity index (χ2n) is 6.69. The Morgan fingerprint density at radius 2 is 2.31 bits per heavy atom. The van der Waals surface area contributed by atoms with Crippen LogP contribution in [-0.2, 0) is 11.3 Å². The van der Waals surface area contributed by atoms with E-state index < -0.39 is 0 Å². The maximum atomic E-state index is 12.7. The van der Waals surface area contributed by atoms with Gasteiger partial charge in [-0.3, -0.25) is 14.7 Å². The van der Waals surface area contributed by atoms with Crippen LogP contribution < -0.4 is 15.8 Å². The largest absolute Gasteiger partial charge is 0.488 e. The summed E-state index contributed by atoms with van der Waals surface area (Å²) in [5, 5.41) is 12.0. The summed E-state index contributed by atoms with van der Waals surface area (Å²) in [6.45, 7) is 3.27. The van der Waals surface area contributed by atoms with E-state index in [1.165, 1.54) is 11.3 Å². The number of carbonyl (C=O) groups excluding carboxylic acids is 1. The standard InChI is InChI=1S/C19H22N6O3S/c1-11-4-7-15(28-11)17-23-24-18(29-17)22-16(26)12-5-6-14-13(10-12)21-19(27-2)25(14)9-3-8-20/h5-7,10-11H,3-4,8-9,20H2,1-2H3,(H,22,24,26). The van der Waals surface area contributed by atoms with E-state index in [2.05, 4.69) is 20.5 Å². The first kappa shape index (κ1) is 19.3. The van der Waals surface area contributed by atoms with Gasteiger partial charge in [0.15, 0.2) is 10.8 Å². The van der Waals surface area contributed by atoms with Crippen molar-refractivity contribution in [2.75, 3.05) is 19.0 Å². The molecule has 0 radical (unpaired) electrons. The molecule has 1 aliphatic heterocycles. The number of ether oxygens (including phenoxy) is 2. The molecule has 2 aromatic heterocycles. The second kappa shape index (κ2) is 8.18. The number of hydrogen-bond donors (Lipinski definition) is 2. The third-order valence-corrected chi connectivity index (χ3v) is 5.42. The number of rotatable bonds is 7. The molecule has 3 heterocycles. The maximum absolute atomic E-state index is 12.7. The zero-order valence-corrected chi connectivity index (χ0v) is 17.0. The van der Waals surface area contributed by atoms with Crippen LogP contribution in [0.3, 0.4) is 0 Å². The van der Waals surface area contributed by atoms with Gasteiger partial charge in [0.25, 0.3) is 11.9 Å². The van der Waals surface area contributed by atoms with E-state index >= 15 is 0 Å². The minimum atomic E-state index is -0.278. The van der Waals surface area contributed by atoms with Gasteiger partial charge in [0.05, 0.1) is 24.2 Å². The van der Waals surface area contributed by atoms with Gasteiger partial charge >= 0.3 is 0 Å². The van der Waals surface area contributed by atoms with Crippen molar-refractivity contribution in [2.24, 2.45) is 5.73 Å². The van der Waals surface area contributed by atoms with Crippen LogP contribution in [0.15, 0.2) is 24.3 Å². The molecule has 1 atom stereocenters. The molecule has 1 unspecified atom stereocenters. The molecule has 0 saturated heterocycles. The number of anilines is 1. The number of fused-ring (bicyclic) bond motifs is 1. The predicted molar refractivity (Wildman–Crippen MR) is 111 cm³/mol. The normalized spacial score (nSPS) is 16.0. The van der Waals surface area contributed by atoms with Crippen molar-refractivity contribution in [3.63, 3.8) is 0 Å². The molecule has 29 heavy (non-hydrogen) atoms. The van der Waals surface area contributed by atoms with E-state index in [0.717, 1.165) is 18.4 Å². The van der Waals surface area contributed by atoms with Crippen molar-refractivity contribution < 1.29 is 14.3 Å². The van der Waals surface area contributed by atoms with E-state index in [1.807, 2.05) is 23.6 Å². The van der Waals surface area contributed by atoms with Crippen molar-refractivity contribution in [3.05, 3.63) is 34.8 Å². The fourth-order valence-electron chi connectivity index (χ4n) is 3.14. The summed E-state index contributed by atoms with van der Waals surface area (Å²) in [5.41, 5.74) is 7.67. The van der Waals surface area contributed by atoms with Crippen molar-refractivity contribution >= 4 is 39.2 Å². The van der Waals surface area contributed by atoms with E-state index in [4.69, 9.17) is 15.2 Å². The monoisotopic (exact) mass is 414 g/mol. The molecule has 1 amide bonds. The van der Waals surface area contributed by atoms with Crippen LogP contribution in [0, 0.1) is 0 Å². The van der Waals surface area contributed by atoms with E-state index in [9.17, 15) is 4.79 Å². The molecule has 1 aromatic carbocycles. The predicted octanol–water partition coefficient (Wildman–Crippen LogP) is 2.65. The summed E-state index contributed by atoms with van der Waals surface area (Å²) < 4.78 is 13.0. The van der Waals surface area contributed by atoms with Crippen molar-refractivity contribution in [2.45, 2.75) is 32.4 Å². The van der Waals surface area contributed by atoms with Crippen molar-refractivity contribution in [1.29, 1.82) is 0 Å². The Labute approximate surface area is 171 Å². The minimum Gasteiger partial charge on any atom is -0.488 e. The molecule has 0 saturated carbocycles. The van der Waals surface area contributed by atoms with E-state index in [0.29, 0.717) is 46.1 Å². The summed E-state index contributed by atoms with van der Waals surface area (Å²) in [4.78, 5) is 17.1. The molecule has 9 nitrogen and oxygen atoms in total. The highest BCUT2D eigenvalue weighted by Crippen LogP contribution is 2.30. The lowest BCUT2D eigenvalue weighted by molar-refractivity contribution is 0.102. The van der Waals surface area contributed by atoms with Crippen LogP contribution >= 0.6 is 11.3 Å². The number of nitrogens with one attached hydrogen (secondary N) is 1. The SMILES string of the molecule is COc1nc2cc(C(=O)Nc3nnc(C4=CCC(C)O4)s3)ccc2n1CCCN. The number of carbonyl (C=O) groups is 1. The zero-order chi connectivity index (χ0) is 20.4. The van der Waals surface area contributed by atoms with Crippen molar-refractivity contribution in [1.82, 2.24) is 19.7 Å². The molecule has 3 N–H and O–H groups in total. The van der Waals surface area contributed by atoms with Gasteiger partial charge in [-0.25, -0.2) is 0 Å². The first-order valence-corrected chi connectivity index (χ1v) is 10.2. The number of aryl methyl sites for hydroxylation is 1. The Bertz CT molecular complexity index is 1070. The number of nitrogens with zero attached hydrogens (tertiary/aromatic N) is 4. The van der Waals surface area contributed by atoms with Gasteiger partial charge in [0.1, 0.15) is 0 Å². The van der Waals surface area contributed by atoms with E-state index in [1.54, 1.807) is 19.2 Å². The number of hydrogen-bond acceptors (Lipinski definition) is 8. The summed E-state index contributed by atoms with van der Waals surface area (Å²) in [7, 11) is 1.57. The lowest BCUT2D eigenvalue weighted by Gasteiger charge is -2.06. The molecule has 152 valence electrons.